The van der Waals surface area contributed by atoms with Crippen LogP contribution in [0.1, 0.15) is 29.9 Å². The van der Waals surface area contributed by atoms with E-state index >= 15 is 0 Å². The Kier molecular flexibility index (Phi) is 3.79. The average molecular weight is 314 g/mol. The predicted octanol–water partition coefficient (Wildman–Crippen LogP) is 0.426. The topological polar surface area (TPSA) is 86.6 Å². The minimum absolute atomic E-state index is 0.192. The predicted molar refractivity (Wildman–Crippen MR) is 70.5 cm³/mol. The molecule has 0 saturated carbocycles. The molecule has 0 aromatic carbocycles. The number of halogens is 1. The molecule has 2 heterocycles. The van der Waals surface area contributed by atoms with E-state index in [9.17, 15) is 0 Å². The van der Waals surface area contributed by atoms with E-state index in [0.29, 0.717) is 4.60 Å². The Labute approximate surface area is 113 Å². The van der Waals surface area contributed by atoms with Crippen molar-refractivity contribution in [2.75, 3.05) is 0 Å². The van der Waals surface area contributed by atoms with Gasteiger partial charge in [0.05, 0.1) is 17.4 Å². The Morgan fingerprint density at radius 3 is 2.72 bits per heavy atom. The minimum Gasteiger partial charge on any atom is -0.275 e. The molecule has 98 valence electrons. The quantitative estimate of drug-likeness (QED) is 0.631. The highest BCUT2D eigenvalue weighted by molar-refractivity contribution is 9.10. The van der Waals surface area contributed by atoms with Gasteiger partial charge in [0.2, 0.25) is 0 Å². The van der Waals surface area contributed by atoms with Gasteiger partial charge in [-0.2, -0.15) is 5.10 Å². The first kappa shape index (κ1) is 13.2. The van der Waals surface area contributed by atoms with Crippen LogP contribution in [0, 0.1) is 0 Å². The summed E-state index contributed by atoms with van der Waals surface area (Å²) >= 11 is 3.39. The largest absolute Gasteiger partial charge is 0.275 e. The molecule has 1 atom stereocenters. The fraction of sp³-hybridized carbons (Fsp3) is 0.500. The van der Waals surface area contributed by atoms with Gasteiger partial charge in [-0.1, -0.05) is 12.1 Å². The van der Waals surface area contributed by atoms with Crippen LogP contribution < -0.4 is 11.3 Å². The maximum absolute atomic E-state index is 5.69. The molecule has 0 aliphatic rings. The molecule has 0 amide bonds. The zero-order valence-corrected chi connectivity index (χ0v) is 12.1. The highest BCUT2D eigenvalue weighted by Gasteiger charge is 2.24. The first-order valence-corrected chi connectivity index (χ1v) is 6.41. The molecule has 2 aromatic rings. The van der Waals surface area contributed by atoms with Crippen LogP contribution in [0.5, 0.6) is 0 Å². The third-order valence-electron chi connectivity index (χ3n) is 2.85. The molecule has 2 rings (SSSR count). The van der Waals surface area contributed by atoms with Crippen molar-refractivity contribution in [2.45, 2.75) is 19.4 Å². The Morgan fingerprint density at radius 1 is 1.50 bits per heavy atom. The summed E-state index contributed by atoms with van der Waals surface area (Å²) in [5.41, 5.74) is 5.73. The molecule has 0 spiro atoms. The van der Waals surface area contributed by atoms with E-state index in [0.717, 1.165) is 23.4 Å². The van der Waals surface area contributed by atoms with Gasteiger partial charge in [-0.25, -0.2) is 10.1 Å². The first-order chi connectivity index (χ1) is 8.58. The van der Waals surface area contributed by atoms with E-state index < -0.39 is 0 Å². The molecule has 18 heavy (non-hydrogen) atoms. The lowest BCUT2D eigenvalue weighted by Gasteiger charge is -2.15. The number of hydrogen-bond donors (Lipinski definition) is 2. The molecule has 0 fully saturated rings. The number of aryl methyl sites for hydroxylation is 3. The van der Waals surface area contributed by atoms with Gasteiger partial charge in [0.25, 0.3) is 0 Å². The number of rotatable bonds is 4. The highest BCUT2D eigenvalue weighted by Crippen LogP contribution is 2.27. The van der Waals surface area contributed by atoms with E-state index in [4.69, 9.17) is 5.84 Å². The zero-order chi connectivity index (χ0) is 13.3. The van der Waals surface area contributed by atoms with Gasteiger partial charge in [-0.3, -0.25) is 10.5 Å². The van der Waals surface area contributed by atoms with Gasteiger partial charge >= 0.3 is 0 Å². The molecule has 0 aliphatic carbocycles. The lowest BCUT2D eigenvalue weighted by atomic mass is 10.0. The second kappa shape index (κ2) is 5.17. The summed E-state index contributed by atoms with van der Waals surface area (Å²) in [6.45, 7) is 2.07. The monoisotopic (exact) mass is 313 g/mol. The van der Waals surface area contributed by atoms with E-state index in [1.807, 2.05) is 20.3 Å². The summed E-state index contributed by atoms with van der Waals surface area (Å²) in [6.07, 6.45) is 2.81. The van der Waals surface area contributed by atoms with Gasteiger partial charge in [0.1, 0.15) is 0 Å². The molecular weight excluding hydrogens is 298 g/mol. The fourth-order valence-electron chi connectivity index (χ4n) is 2.03. The summed E-state index contributed by atoms with van der Waals surface area (Å²) in [6, 6.07) is -0.192. The van der Waals surface area contributed by atoms with Gasteiger partial charge in [0.15, 0.2) is 4.60 Å². The van der Waals surface area contributed by atoms with E-state index in [1.54, 1.807) is 9.36 Å². The van der Waals surface area contributed by atoms with Gasteiger partial charge in [0, 0.05) is 25.9 Å². The number of nitrogens with one attached hydrogen (secondary N) is 1. The first-order valence-electron chi connectivity index (χ1n) is 5.62. The number of aromatic nitrogens is 5. The molecule has 2 aromatic heterocycles. The molecule has 3 N–H and O–H groups in total. The number of nitrogens with two attached hydrogens (primary N) is 1. The molecule has 8 heteroatoms. The molecule has 1 unspecified atom stereocenters. The van der Waals surface area contributed by atoms with Crippen molar-refractivity contribution in [2.24, 2.45) is 19.9 Å². The molecule has 0 bridgehead atoms. The highest BCUT2D eigenvalue weighted by atomic mass is 79.9. The Morgan fingerprint density at radius 2 is 2.22 bits per heavy atom. The Balaban J connectivity index is 2.51. The summed E-state index contributed by atoms with van der Waals surface area (Å²) in [5.74, 6) is 5.69. The van der Waals surface area contributed by atoms with Crippen molar-refractivity contribution in [1.29, 1.82) is 0 Å². The molecule has 0 aliphatic heterocycles. The van der Waals surface area contributed by atoms with Crippen LogP contribution in [0.2, 0.25) is 0 Å². The maximum atomic E-state index is 5.69. The van der Waals surface area contributed by atoms with Crippen LogP contribution in [0.4, 0.5) is 0 Å². The fourth-order valence-corrected chi connectivity index (χ4v) is 2.59. The summed E-state index contributed by atoms with van der Waals surface area (Å²) in [5, 5.41) is 12.4. The van der Waals surface area contributed by atoms with Crippen LogP contribution in [0.25, 0.3) is 0 Å². The van der Waals surface area contributed by atoms with Crippen molar-refractivity contribution in [1.82, 2.24) is 30.2 Å². The van der Waals surface area contributed by atoms with Crippen LogP contribution >= 0.6 is 15.9 Å². The molecule has 0 radical (unpaired) electrons. The minimum atomic E-state index is -0.192. The maximum Gasteiger partial charge on any atom is 0.153 e. The molecule has 7 nitrogen and oxygen atoms in total. The van der Waals surface area contributed by atoms with Crippen LogP contribution in [-0.2, 0) is 20.5 Å². The van der Waals surface area contributed by atoms with Crippen molar-refractivity contribution in [3.8, 4) is 0 Å². The average Bonchev–Trinajstić information content (AvgIpc) is 2.87. The third kappa shape index (κ3) is 2.18. The van der Waals surface area contributed by atoms with E-state index in [-0.39, 0.29) is 6.04 Å². The second-order valence-electron chi connectivity index (χ2n) is 4.05. The lowest BCUT2D eigenvalue weighted by Crippen LogP contribution is -2.31. The van der Waals surface area contributed by atoms with Crippen molar-refractivity contribution < 1.29 is 0 Å². The second-order valence-corrected chi connectivity index (χ2v) is 4.80. The Bertz CT molecular complexity index is 525. The van der Waals surface area contributed by atoms with E-state index in [2.05, 4.69) is 43.7 Å². The van der Waals surface area contributed by atoms with Crippen LogP contribution in [-0.4, -0.2) is 24.8 Å². The smallest absolute Gasteiger partial charge is 0.153 e. The van der Waals surface area contributed by atoms with E-state index in [1.165, 1.54) is 0 Å². The third-order valence-corrected chi connectivity index (χ3v) is 3.42. The van der Waals surface area contributed by atoms with Crippen LogP contribution in [0.15, 0.2) is 10.8 Å². The Hall–Kier alpha value is -1.25. The molecule has 0 saturated heterocycles. The number of nitrogens with zero attached hydrogens (tertiary/aromatic N) is 5. The van der Waals surface area contributed by atoms with Gasteiger partial charge in [-0.15, -0.1) is 5.10 Å². The van der Waals surface area contributed by atoms with Gasteiger partial charge in [-0.05, 0) is 22.4 Å². The van der Waals surface area contributed by atoms with Crippen molar-refractivity contribution >= 4 is 15.9 Å². The zero-order valence-electron chi connectivity index (χ0n) is 10.6. The number of hydrazine groups is 1. The van der Waals surface area contributed by atoms with Gasteiger partial charge < -0.3 is 0 Å². The summed E-state index contributed by atoms with van der Waals surface area (Å²) in [4.78, 5) is 0. The van der Waals surface area contributed by atoms with Crippen molar-refractivity contribution in [3.05, 3.63) is 27.8 Å². The normalized spacial score (nSPS) is 12.9. The summed E-state index contributed by atoms with van der Waals surface area (Å²) in [7, 11) is 3.73. The standard InChI is InChI=1S/C10H16BrN7/c1-4-7-6(5-17(2)15-7)8(13-12)9-10(11)14-16-18(9)3/h5,8,13H,4,12H2,1-3H3. The SMILES string of the molecule is CCc1nn(C)cc1C(NN)c1c(Br)nnn1C. The lowest BCUT2D eigenvalue weighted by molar-refractivity contribution is 0.566. The number of hydrogen-bond acceptors (Lipinski definition) is 5. The molecular formula is C10H16BrN7. The van der Waals surface area contributed by atoms with Crippen LogP contribution in [0.3, 0.4) is 0 Å². The van der Waals surface area contributed by atoms with Crippen molar-refractivity contribution in [3.63, 3.8) is 0 Å². The summed E-state index contributed by atoms with van der Waals surface area (Å²) < 4.78 is 4.16.